The molecule has 0 unspecified atom stereocenters. The smallest absolute Gasteiger partial charge is 0.244 e. The molecule has 0 spiro atoms. The van der Waals surface area contributed by atoms with E-state index in [0.29, 0.717) is 19.4 Å². The minimum absolute atomic E-state index is 0.00505. The van der Waals surface area contributed by atoms with Crippen molar-refractivity contribution in [3.63, 3.8) is 0 Å². The summed E-state index contributed by atoms with van der Waals surface area (Å²) in [6.45, 7) is 4.44. The molecule has 1 atom stereocenters. The van der Waals surface area contributed by atoms with Crippen molar-refractivity contribution < 1.29 is 14.3 Å². The minimum Gasteiger partial charge on any atom is -0.491 e. The first-order valence-electron chi connectivity index (χ1n) is 7.55. The lowest BCUT2D eigenvalue weighted by molar-refractivity contribution is -0.124. The second-order valence-corrected chi connectivity index (χ2v) is 5.62. The predicted octanol–water partition coefficient (Wildman–Crippen LogP) is 1.88. The van der Waals surface area contributed by atoms with Crippen molar-refractivity contribution in [3.8, 4) is 5.75 Å². The van der Waals surface area contributed by atoms with Crippen LogP contribution in [0.25, 0.3) is 6.08 Å². The van der Waals surface area contributed by atoms with Gasteiger partial charge in [-0.2, -0.15) is 0 Å². The highest BCUT2D eigenvalue weighted by Gasteiger charge is 2.18. The van der Waals surface area contributed by atoms with Gasteiger partial charge < -0.3 is 15.4 Å². The average Bonchev–Trinajstić information content (AvgIpc) is 2.47. The van der Waals surface area contributed by atoms with Crippen LogP contribution in [0, 0.1) is 0 Å². The topological polar surface area (TPSA) is 67.4 Å². The summed E-state index contributed by atoms with van der Waals surface area (Å²) < 4.78 is 5.62. The number of carbonyl (C=O) groups is 2. The summed E-state index contributed by atoms with van der Waals surface area (Å²) in [5, 5.41) is 5.63. The molecule has 1 aliphatic heterocycles. The fraction of sp³-hybridized carbons (Fsp3) is 0.412. The summed E-state index contributed by atoms with van der Waals surface area (Å²) in [6.07, 6.45) is 4.52. The van der Waals surface area contributed by atoms with Gasteiger partial charge in [0.1, 0.15) is 5.75 Å². The first-order valence-corrected chi connectivity index (χ1v) is 7.55. The molecule has 1 saturated heterocycles. The molecule has 0 radical (unpaired) electrons. The molecule has 0 saturated carbocycles. The van der Waals surface area contributed by atoms with Crippen molar-refractivity contribution in [2.24, 2.45) is 0 Å². The summed E-state index contributed by atoms with van der Waals surface area (Å²) in [6, 6.07) is 7.60. The predicted molar refractivity (Wildman–Crippen MR) is 85.4 cm³/mol. The molecule has 5 nitrogen and oxygen atoms in total. The Labute approximate surface area is 130 Å². The maximum absolute atomic E-state index is 11.9. The summed E-state index contributed by atoms with van der Waals surface area (Å²) >= 11 is 0. The van der Waals surface area contributed by atoms with Crippen LogP contribution in [0.15, 0.2) is 30.3 Å². The maximum Gasteiger partial charge on any atom is 0.244 e. The highest BCUT2D eigenvalue weighted by molar-refractivity contribution is 5.92. The molecule has 5 heteroatoms. The molecule has 1 fully saturated rings. The summed E-state index contributed by atoms with van der Waals surface area (Å²) in [5.74, 6) is 0.673. The van der Waals surface area contributed by atoms with Crippen LogP contribution in [0.4, 0.5) is 0 Å². The first-order chi connectivity index (χ1) is 10.5. The van der Waals surface area contributed by atoms with E-state index in [4.69, 9.17) is 4.74 Å². The van der Waals surface area contributed by atoms with Crippen LogP contribution < -0.4 is 15.4 Å². The standard InChI is InChI=1S/C17H22N2O3/c1-12(2)22-15-5-3-4-13(10-15)6-8-17(21)19-14-7-9-16(20)18-11-14/h3-6,8,10,12,14H,7,9,11H2,1-2H3,(H,18,20)(H,19,21)/b8-6+/t14-/m0/s1. The number of ether oxygens (including phenoxy) is 1. The van der Waals surface area contributed by atoms with Crippen LogP contribution in [0.2, 0.25) is 0 Å². The van der Waals surface area contributed by atoms with Gasteiger partial charge in [-0.05, 0) is 44.0 Å². The number of carbonyl (C=O) groups excluding carboxylic acids is 2. The number of hydrogen-bond donors (Lipinski definition) is 2. The molecule has 118 valence electrons. The average molecular weight is 302 g/mol. The molecule has 1 aliphatic rings. The zero-order valence-electron chi connectivity index (χ0n) is 13.0. The SMILES string of the molecule is CC(C)Oc1cccc(/C=C/C(=O)N[C@H]2CCC(=O)NC2)c1. The van der Waals surface area contributed by atoms with Crippen LogP contribution >= 0.6 is 0 Å². The third kappa shape index (κ3) is 5.24. The first kappa shape index (κ1) is 16.1. The molecule has 1 heterocycles. The van der Waals surface area contributed by atoms with Crippen LogP contribution in [0.5, 0.6) is 5.75 Å². The molecule has 2 amide bonds. The number of rotatable bonds is 5. The largest absolute Gasteiger partial charge is 0.491 e. The molecule has 1 aromatic rings. The molecular formula is C17H22N2O3. The number of nitrogens with one attached hydrogen (secondary N) is 2. The van der Waals surface area contributed by atoms with Crippen LogP contribution in [0.1, 0.15) is 32.3 Å². The summed E-state index contributed by atoms with van der Waals surface area (Å²) in [4.78, 5) is 23.0. The summed E-state index contributed by atoms with van der Waals surface area (Å²) in [5.41, 5.74) is 0.908. The van der Waals surface area contributed by atoms with Gasteiger partial charge in [0.05, 0.1) is 6.10 Å². The minimum atomic E-state index is -0.156. The van der Waals surface area contributed by atoms with Gasteiger partial charge in [0.15, 0.2) is 0 Å². The van der Waals surface area contributed by atoms with Crippen LogP contribution in [0.3, 0.4) is 0 Å². The molecular weight excluding hydrogens is 280 g/mol. The van der Waals surface area contributed by atoms with Gasteiger partial charge in [-0.1, -0.05) is 12.1 Å². The number of hydrogen-bond acceptors (Lipinski definition) is 3. The van der Waals surface area contributed by atoms with Crippen molar-refractivity contribution >= 4 is 17.9 Å². The Kier molecular flexibility index (Phi) is 5.58. The second kappa shape index (κ2) is 7.64. The molecule has 2 N–H and O–H groups in total. The quantitative estimate of drug-likeness (QED) is 0.816. The van der Waals surface area contributed by atoms with E-state index in [9.17, 15) is 9.59 Å². The number of benzene rings is 1. The highest BCUT2D eigenvalue weighted by Crippen LogP contribution is 2.15. The summed E-state index contributed by atoms with van der Waals surface area (Å²) in [7, 11) is 0. The molecule has 0 aromatic heterocycles. The lowest BCUT2D eigenvalue weighted by atomic mass is 10.1. The van der Waals surface area contributed by atoms with Gasteiger partial charge in [0, 0.05) is 25.1 Å². The van der Waals surface area contributed by atoms with Gasteiger partial charge in [-0.25, -0.2) is 0 Å². The van der Waals surface area contributed by atoms with Gasteiger partial charge in [0.2, 0.25) is 11.8 Å². The Balaban J connectivity index is 1.88. The van der Waals surface area contributed by atoms with Crippen molar-refractivity contribution in [1.82, 2.24) is 10.6 Å². The van der Waals surface area contributed by atoms with Crippen molar-refractivity contribution in [2.45, 2.75) is 38.8 Å². The Morgan fingerprint density at radius 2 is 2.27 bits per heavy atom. The number of amides is 2. The van der Waals surface area contributed by atoms with E-state index < -0.39 is 0 Å². The Hall–Kier alpha value is -2.30. The fourth-order valence-corrected chi connectivity index (χ4v) is 2.24. The van der Waals surface area contributed by atoms with E-state index in [2.05, 4.69) is 10.6 Å². The Bertz CT molecular complexity index is 557. The third-order valence-corrected chi connectivity index (χ3v) is 3.27. The monoisotopic (exact) mass is 302 g/mol. The normalized spacial score (nSPS) is 18.3. The van der Waals surface area contributed by atoms with Crippen LogP contribution in [-0.2, 0) is 9.59 Å². The fourth-order valence-electron chi connectivity index (χ4n) is 2.24. The van der Waals surface area contributed by atoms with Gasteiger partial charge >= 0.3 is 0 Å². The lowest BCUT2D eigenvalue weighted by Gasteiger charge is -2.22. The van der Waals surface area contributed by atoms with E-state index in [1.54, 1.807) is 6.08 Å². The van der Waals surface area contributed by atoms with Gasteiger partial charge in [-0.3, -0.25) is 9.59 Å². The molecule has 0 bridgehead atoms. The zero-order valence-corrected chi connectivity index (χ0v) is 13.0. The molecule has 0 aliphatic carbocycles. The van der Waals surface area contributed by atoms with Crippen molar-refractivity contribution in [2.75, 3.05) is 6.54 Å². The van der Waals surface area contributed by atoms with E-state index in [1.165, 1.54) is 6.08 Å². The zero-order chi connectivity index (χ0) is 15.9. The van der Waals surface area contributed by atoms with E-state index >= 15 is 0 Å². The third-order valence-electron chi connectivity index (χ3n) is 3.27. The van der Waals surface area contributed by atoms with Crippen molar-refractivity contribution in [3.05, 3.63) is 35.9 Å². The number of piperidine rings is 1. The Morgan fingerprint density at radius 1 is 1.45 bits per heavy atom. The molecule has 1 aromatic carbocycles. The molecule has 2 rings (SSSR count). The maximum atomic E-state index is 11.9. The van der Waals surface area contributed by atoms with Crippen molar-refractivity contribution in [1.29, 1.82) is 0 Å². The highest BCUT2D eigenvalue weighted by atomic mass is 16.5. The van der Waals surface area contributed by atoms with Gasteiger partial charge in [0.25, 0.3) is 0 Å². The van der Waals surface area contributed by atoms with E-state index in [1.807, 2.05) is 38.1 Å². The van der Waals surface area contributed by atoms with Crippen LogP contribution in [-0.4, -0.2) is 30.5 Å². The lowest BCUT2D eigenvalue weighted by Crippen LogP contribution is -2.47. The van der Waals surface area contributed by atoms with Gasteiger partial charge in [-0.15, -0.1) is 0 Å². The Morgan fingerprint density at radius 3 is 2.95 bits per heavy atom. The van der Waals surface area contributed by atoms with E-state index in [0.717, 1.165) is 11.3 Å². The van der Waals surface area contributed by atoms with E-state index in [-0.39, 0.29) is 24.0 Å². The second-order valence-electron chi connectivity index (χ2n) is 5.62. The molecule has 22 heavy (non-hydrogen) atoms.